The Balaban J connectivity index is 3.68. The first-order valence-corrected chi connectivity index (χ1v) is 6.48. The van der Waals surface area contributed by atoms with Gasteiger partial charge in [-0.15, -0.1) is 0 Å². The van der Waals surface area contributed by atoms with Crippen molar-refractivity contribution >= 4 is 7.60 Å². The molecule has 0 saturated heterocycles. The quantitative estimate of drug-likeness (QED) is 0.610. The molecule has 0 aromatic heterocycles. The van der Waals surface area contributed by atoms with Gasteiger partial charge in [0.05, 0.1) is 13.2 Å². The zero-order valence-corrected chi connectivity index (χ0v) is 9.39. The van der Waals surface area contributed by atoms with E-state index in [0.29, 0.717) is 25.5 Å². The van der Waals surface area contributed by atoms with Crippen LogP contribution in [-0.2, 0) is 9.09 Å². The number of rotatable bonds is 7. The van der Waals surface area contributed by atoms with Crippen LogP contribution in [0.5, 0.6) is 0 Å². The summed E-state index contributed by atoms with van der Waals surface area (Å²) in [7, 11) is -3.57. The topological polar surface area (TPSA) is 77.0 Å². The Hall–Kier alpha value is 0.110. The van der Waals surface area contributed by atoms with Gasteiger partial charge >= 0.3 is 0 Å². The molecule has 0 radical (unpaired) electrons. The van der Waals surface area contributed by atoms with Crippen molar-refractivity contribution in [1.29, 1.82) is 0 Å². The smallest absolute Gasteiger partial charge is 0.135 e. The predicted molar refractivity (Wildman–Crippen MR) is 50.3 cm³/mol. The Morgan fingerprint density at radius 2 is 2.23 bits per heavy atom. The van der Waals surface area contributed by atoms with Crippen LogP contribution < -0.4 is 10.6 Å². The van der Waals surface area contributed by atoms with Crippen LogP contribution >= 0.6 is 7.60 Å². The molecule has 80 valence electrons. The average Bonchev–Trinajstić information content (AvgIpc) is 2.11. The summed E-state index contributed by atoms with van der Waals surface area (Å²) in [6.45, 7) is 4.94. The highest BCUT2D eigenvalue weighted by molar-refractivity contribution is 7.51. The molecule has 0 aromatic carbocycles. The fraction of sp³-hybridized carbons (Fsp3) is 1.00. The fourth-order valence-corrected chi connectivity index (χ4v) is 1.95. The first-order valence-electron chi connectivity index (χ1n) is 4.75. The van der Waals surface area contributed by atoms with E-state index in [4.69, 9.17) is 4.52 Å². The van der Waals surface area contributed by atoms with Crippen molar-refractivity contribution in [3.8, 4) is 0 Å². The second kappa shape index (κ2) is 6.55. The monoisotopic (exact) mass is 209 g/mol. The van der Waals surface area contributed by atoms with E-state index in [0.717, 1.165) is 6.42 Å². The molecule has 3 N–H and O–H groups in total. The first-order chi connectivity index (χ1) is 6.02. The van der Waals surface area contributed by atoms with Crippen LogP contribution in [0.1, 0.15) is 26.7 Å². The van der Waals surface area contributed by atoms with Crippen LogP contribution in [0, 0.1) is 5.92 Å². The van der Waals surface area contributed by atoms with Gasteiger partial charge in [-0.2, -0.15) is 0 Å². The minimum absolute atomic E-state index is 0.118. The summed E-state index contributed by atoms with van der Waals surface area (Å²) in [5.41, 5.74) is 3.58. The van der Waals surface area contributed by atoms with Gasteiger partial charge in [0.25, 0.3) is 0 Å². The van der Waals surface area contributed by atoms with Gasteiger partial charge in [0, 0.05) is 12.6 Å². The molecule has 0 fully saturated rings. The van der Waals surface area contributed by atoms with Crippen molar-refractivity contribution in [1.82, 2.24) is 0 Å². The van der Waals surface area contributed by atoms with Gasteiger partial charge in [-0.05, 0) is 5.92 Å². The van der Waals surface area contributed by atoms with Crippen molar-refractivity contribution in [3.05, 3.63) is 0 Å². The van der Waals surface area contributed by atoms with E-state index < -0.39 is 7.60 Å². The normalized spacial score (nSPS) is 18.2. The lowest BCUT2D eigenvalue weighted by Crippen LogP contribution is -2.50. The van der Waals surface area contributed by atoms with E-state index in [2.05, 4.69) is 5.73 Å². The molecular formula is C8H20NO3P. The van der Waals surface area contributed by atoms with E-state index in [1.807, 2.05) is 13.8 Å². The first kappa shape index (κ1) is 13.1. The van der Waals surface area contributed by atoms with Crippen LogP contribution in [0.4, 0.5) is 0 Å². The highest BCUT2D eigenvalue weighted by Crippen LogP contribution is 2.37. The molecule has 0 amide bonds. The minimum atomic E-state index is -3.57. The van der Waals surface area contributed by atoms with Crippen LogP contribution in [0.25, 0.3) is 0 Å². The molecule has 2 atom stereocenters. The van der Waals surface area contributed by atoms with Gasteiger partial charge in [0.1, 0.15) is 7.60 Å². The van der Waals surface area contributed by atoms with Crippen LogP contribution in [0.2, 0.25) is 0 Å². The van der Waals surface area contributed by atoms with Crippen molar-refractivity contribution in [3.63, 3.8) is 0 Å². The molecule has 4 nitrogen and oxygen atoms in total. The van der Waals surface area contributed by atoms with Gasteiger partial charge < -0.3 is 19.7 Å². The Kier molecular flexibility index (Phi) is 6.60. The molecule has 0 bridgehead atoms. The van der Waals surface area contributed by atoms with Crippen molar-refractivity contribution in [2.75, 3.05) is 19.3 Å². The summed E-state index contributed by atoms with van der Waals surface area (Å²) in [4.78, 5) is 11.2. The van der Waals surface area contributed by atoms with E-state index in [9.17, 15) is 9.46 Å². The molecule has 2 unspecified atom stereocenters. The molecule has 0 saturated carbocycles. The van der Waals surface area contributed by atoms with Crippen LogP contribution in [0.3, 0.4) is 0 Å². The van der Waals surface area contributed by atoms with Gasteiger partial charge in [-0.3, -0.25) is 0 Å². The molecule has 0 spiro atoms. The molecule has 0 rings (SSSR count). The van der Waals surface area contributed by atoms with E-state index in [-0.39, 0.29) is 6.16 Å². The summed E-state index contributed by atoms with van der Waals surface area (Å²) >= 11 is 0. The Bertz CT molecular complexity index is 175. The minimum Gasteiger partial charge on any atom is -0.778 e. The highest BCUT2D eigenvalue weighted by atomic mass is 31.2. The van der Waals surface area contributed by atoms with Gasteiger partial charge in [0.15, 0.2) is 0 Å². The summed E-state index contributed by atoms with van der Waals surface area (Å²) < 4.78 is 16.0. The molecule has 0 heterocycles. The molecule has 0 aromatic rings. The van der Waals surface area contributed by atoms with Crippen molar-refractivity contribution in [2.24, 2.45) is 5.92 Å². The van der Waals surface area contributed by atoms with Crippen molar-refractivity contribution in [2.45, 2.75) is 26.7 Å². The van der Waals surface area contributed by atoms with Gasteiger partial charge in [0.2, 0.25) is 0 Å². The zero-order chi connectivity index (χ0) is 10.3. The lowest BCUT2D eigenvalue weighted by molar-refractivity contribution is -0.367. The SMILES string of the molecule is CCC(C)COP(=O)([O-])CCC[NH3+]. The van der Waals surface area contributed by atoms with Crippen molar-refractivity contribution < 1.29 is 19.7 Å². The fourth-order valence-electron chi connectivity index (χ4n) is 0.729. The number of hydrogen-bond donors (Lipinski definition) is 1. The molecule has 0 aliphatic carbocycles. The van der Waals surface area contributed by atoms with E-state index in [1.165, 1.54) is 0 Å². The Morgan fingerprint density at radius 3 is 2.69 bits per heavy atom. The molecule has 5 heteroatoms. The van der Waals surface area contributed by atoms with Crippen LogP contribution in [0.15, 0.2) is 0 Å². The summed E-state index contributed by atoms with van der Waals surface area (Å²) in [5, 5.41) is 0. The van der Waals surface area contributed by atoms with Crippen LogP contribution in [-0.4, -0.2) is 19.3 Å². The second-order valence-corrected chi connectivity index (χ2v) is 5.28. The predicted octanol–water partition coefficient (Wildman–Crippen LogP) is 0.235. The van der Waals surface area contributed by atoms with E-state index >= 15 is 0 Å². The Labute approximate surface area is 80.0 Å². The standard InChI is InChI=1S/C8H20NO3P/c1-3-8(2)7-12-13(10,11)6-4-5-9/h8H,3-7,9H2,1-2H3,(H,10,11). The number of quaternary nitrogens is 1. The van der Waals surface area contributed by atoms with Gasteiger partial charge in [-0.1, -0.05) is 20.3 Å². The molecule has 0 aliphatic heterocycles. The van der Waals surface area contributed by atoms with Gasteiger partial charge in [-0.25, -0.2) is 0 Å². The number of hydrogen-bond acceptors (Lipinski definition) is 3. The lowest BCUT2D eigenvalue weighted by Gasteiger charge is -2.24. The average molecular weight is 209 g/mol. The largest absolute Gasteiger partial charge is 0.778 e. The van der Waals surface area contributed by atoms with E-state index in [1.54, 1.807) is 0 Å². The third-order valence-electron chi connectivity index (χ3n) is 1.93. The lowest BCUT2D eigenvalue weighted by atomic mass is 10.1. The zero-order valence-electron chi connectivity index (χ0n) is 8.49. The maximum Gasteiger partial charge on any atom is 0.135 e. The maximum atomic E-state index is 11.2. The Morgan fingerprint density at radius 1 is 1.62 bits per heavy atom. The maximum absolute atomic E-state index is 11.2. The summed E-state index contributed by atoms with van der Waals surface area (Å²) in [6, 6.07) is 0. The third-order valence-corrected chi connectivity index (χ3v) is 3.34. The third kappa shape index (κ3) is 7.20. The summed E-state index contributed by atoms with van der Waals surface area (Å²) in [6.07, 6.45) is 1.64. The highest BCUT2D eigenvalue weighted by Gasteiger charge is 2.09. The summed E-state index contributed by atoms with van der Waals surface area (Å²) in [5.74, 6) is 0.307. The molecular weight excluding hydrogens is 189 g/mol. The second-order valence-electron chi connectivity index (χ2n) is 3.35. The molecule has 0 aliphatic rings. The molecule has 13 heavy (non-hydrogen) atoms.